The molecule has 0 aliphatic rings. The number of benzene rings is 1. The second-order valence-electron chi connectivity index (χ2n) is 6.42. The Kier molecular flexibility index (Phi) is 5.76. The number of aryl methyl sites for hydroxylation is 2. The summed E-state index contributed by atoms with van der Waals surface area (Å²) >= 11 is 1.65. The second kappa shape index (κ2) is 8.22. The van der Waals surface area contributed by atoms with Gasteiger partial charge >= 0.3 is 0 Å². The van der Waals surface area contributed by atoms with Gasteiger partial charge in [-0.2, -0.15) is 0 Å². The molecule has 0 bridgehead atoms. The Labute approximate surface area is 162 Å². The van der Waals surface area contributed by atoms with Crippen molar-refractivity contribution < 1.29 is 9.53 Å². The molecule has 1 aromatic carbocycles. The number of ether oxygens (including phenoxy) is 1. The fourth-order valence-electron chi connectivity index (χ4n) is 2.78. The van der Waals surface area contributed by atoms with Crippen LogP contribution in [0.15, 0.2) is 59.5 Å². The van der Waals surface area contributed by atoms with Crippen LogP contribution < -0.4 is 10.2 Å². The summed E-state index contributed by atoms with van der Waals surface area (Å²) in [6, 6.07) is 15.0. The van der Waals surface area contributed by atoms with E-state index in [2.05, 4.69) is 0 Å². The number of thiophene rings is 1. The highest BCUT2D eigenvalue weighted by atomic mass is 32.1. The highest BCUT2D eigenvalue weighted by molar-refractivity contribution is 7.11. The summed E-state index contributed by atoms with van der Waals surface area (Å²) in [6.07, 6.45) is 1.59. The van der Waals surface area contributed by atoms with Gasteiger partial charge in [0.15, 0.2) is 11.4 Å². The molecule has 0 N–H and O–H groups in total. The number of amides is 1. The molecule has 3 aromatic rings. The molecule has 0 spiro atoms. The lowest BCUT2D eigenvalue weighted by Crippen LogP contribution is -2.30. The molecular weight excluding hydrogens is 360 g/mol. The van der Waals surface area contributed by atoms with Crippen LogP contribution in [0.3, 0.4) is 0 Å². The van der Waals surface area contributed by atoms with Crippen molar-refractivity contribution in [3.8, 4) is 5.75 Å². The summed E-state index contributed by atoms with van der Waals surface area (Å²) in [6.45, 7) is 2.75. The third-order valence-corrected chi connectivity index (χ3v) is 5.19. The summed E-state index contributed by atoms with van der Waals surface area (Å²) in [7, 11) is 3.47. The minimum atomic E-state index is -0.298. The quantitative estimate of drug-likeness (QED) is 0.654. The Morgan fingerprint density at radius 2 is 1.89 bits per heavy atom. The number of carbonyl (C=O) groups excluding carboxylic acids is 1. The molecule has 0 fully saturated rings. The van der Waals surface area contributed by atoms with Gasteiger partial charge in [-0.25, -0.2) is 0 Å². The van der Waals surface area contributed by atoms with E-state index in [0.29, 0.717) is 6.54 Å². The molecule has 3 rings (SSSR count). The fraction of sp³-hybridized carbons (Fsp3) is 0.238. The standard InChI is InChI=1S/C21H22N2O3S/c1-15-9-10-17(27-15)13-23(3)21(25)19-20(18(24)11-12-22(19)2)26-14-16-7-5-4-6-8-16/h4-12H,13-14H2,1-3H3. The molecule has 2 heterocycles. The molecule has 0 saturated heterocycles. The van der Waals surface area contributed by atoms with Crippen LogP contribution in [0, 0.1) is 6.92 Å². The van der Waals surface area contributed by atoms with Crippen molar-refractivity contribution in [3.63, 3.8) is 0 Å². The molecule has 0 aliphatic carbocycles. The van der Waals surface area contributed by atoms with Gasteiger partial charge in [0.05, 0.1) is 6.54 Å². The Morgan fingerprint density at radius 3 is 2.56 bits per heavy atom. The van der Waals surface area contributed by atoms with Gasteiger partial charge in [-0.1, -0.05) is 30.3 Å². The Balaban J connectivity index is 1.85. The van der Waals surface area contributed by atoms with Gasteiger partial charge in [0.1, 0.15) is 6.61 Å². The normalized spacial score (nSPS) is 10.6. The van der Waals surface area contributed by atoms with Gasteiger partial charge in [-0.15, -0.1) is 11.3 Å². The Morgan fingerprint density at radius 1 is 1.15 bits per heavy atom. The predicted molar refractivity (Wildman–Crippen MR) is 107 cm³/mol. The lowest BCUT2D eigenvalue weighted by molar-refractivity contribution is 0.0769. The van der Waals surface area contributed by atoms with Crippen molar-refractivity contribution in [2.45, 2.75) is 20.1 Å². The first-order valence-electron chi connectivity index (χ1n) is 8.63. The van der Waals surface area contributed by atoms with Gasteiger partial charge in [-0.05, 0) is 24.6 Å². The number of hydrogen-bond donors (Lipinski definition) is 0. The maximum atomic E-state index is 13.1. The molecule has 1 amide bonds. The van der Waals surface area contributed by atoms with E-state index in [4.69, 9.17) is 4.74 Å². The van der Waals surface area contributed by atoms with E-state index < -0.39 is 0 Å². The first-order chi connectivity index (χ1) is 13.0. The number of nitrogens with zero attached hydrogens (tertiary/aromatic N) is 2. The molecule has 0 aliphatic heterocycles. The molecular formula is C21H22N2O3S. The number of pyridine rings is 1. The van der Waals surface area contributed by atoms with Crippen LogP contribution >= 0.6 is 11.3 Å². The van der Waals surface area contributed by atoms with E-state index in [1.54, 1.807) is 41.1 Å². The van der Waals surface area contributed by atoms with Gasteiger partial charge in [-0.3, -0.25) is 9.59 Å². The van der Waals surface area contributed by atoms with Crippen LogP contribution in [0.25, 0.3) is 0 Å². The highest BCUT2D eigenvalue weighted by Gasteiger charge is 2.22. The molecule has 140 valence electrons. The maximum Gasteiger partial charge on any atom is 0.274 e. The van der Waals surface area contributed by atoms with Crippen LogP contribution in [-0.4, -0.2) is 22.4 Å². The largest absolute Gasteiger partial charge is 0.483 e. The number of hydrogen-bond acceptors (Lipinski definition) is 4. The van der Waals surface area contributed by atoms with Crippen LogP contribution in [0.2, 0.25) is 0 Å². The van der Waals surface area contributed by atoms with Crippen molar-refractivity contribution >= 4 is 17.2 Å². The number of aromatic nitrogens is 1. The van der Waals surface area contributed by atoms with Crippen molar-refractivity contribution in [2.24, 2.45) is 7.05 Å². The van der Waals surface area contributed by atoms with E-state index in [0.717, 1.165) is 10.4 Å². The topological polar surface area (TPSA) is 51.5 Å². The SMILES string of the molecule is Cc1ccc(CN(C)C(=O)c2c(OCc3ccccc3)c(=O)ccn2C)s1. The molecule has 27 heavy (non-hydrogen) atoms. The fourth-order valence-corrected chi connectivity index (χ4v) is 3.72. The van der Waals surface area contributed by atoms with Crippen molar-refractivity contribution in [1.82, 2.24) is 9.47 Å². The molecule has 0 atom stereocenters. The van der Waals surface area contributed by atoms with Gasteiger partial charge < -0.3 is 14.2 Å². The van der Waals surface area contributed by atoms with Gasteiger partial charge in [0, 0.05) is 36.1 Å². The summed E-state index contributed by atoms with van der Waals surface area (Å²) in [5.41, 5.74) is 0.895. The van der Waals surface area contributed by atoms with Gasteiger partial charge in [0.2, 0.25) is 5.43 Å². The maximum absolute atomic E-state index is 13.1. The predicted octanol–water partition coefficient (Wildman–Crippen LogP) is 3.61. The zero-order valence-corrected chi connectivity index (χ0v) is 16.5. The second-order valence-corrected chi connectivity index (χ2v) is 7.79. The number of carbonyl (C=O) groups is 1. The Hall–Kier alpha value is -2.86. The summed E-state index contributed by atoms with van der Waals surface area (Å²) in [4.78, 5) is 29.3. The smallest absolute Gasteiger partial charge is 0.274 e. The zero-order valence-electron chi connectivity index (χ0n) is 15.6. The molecule has 0 radical (unpaired) electrons. The number of rotatable bonds is 6. The minimum Gasteiger partial charge on any atom is -0.483 e. The molecule has 5 nitrogen and oxygen atoms in total. The van der Waals surface area contributed by atoms with E-state index in [1.807, 2.05) is 49.4 Å². The average molecular weight is 382 g/mol. The molecule has 0 saturated carbocycles. The molecule has 6 heteroatoms. The molecule has 0 unspecified atom stereocenters. The van der Waals surface area contributed by atoms with Crippen LogP contribution in [0.4, 0.5) is 0 Å². The van der Waals surface area contributed by atoms with Crippen molar-refractivity contribution in [2.75, 3.05) is 7.05 Å². The van der Waals surface area contributed by atoms with E-state index >= 15 is 0 Å². The zero-order chi connectivity index (χ0) is 19.4. The minimum absolute atomic E-state index is 0.0862. The third-order valence-electron chi connectivity index (χ3n) is 4.21. The summed E-state index contributed by atoms with van der Waals surface area (Å²) < 4.78 is 7.42. The summed E-state index contributed by atoms with van der Waals surface area (Å²) in [5.74, 6) is -0.160. The van der Waals surface area contributed by atoms with Crippen LogP contribution in [0.5, 0.6) is 5.75 Å². The summed E-state index contributed by atoms with van der Waals surface area (Å²) in [5, 5.41) is 0. The van der Waals surface area contributed by atoms with Gasteiger partial charge in [0.25, 0.3) is 5.91 Å². The van der Waals surface area contributed by atoms with E-state index in [1.165, 1.54) is 10.9 Å². The average Bonchev–Trinajstić information content (AvgIpc) is 3.07. The Bertz CT molecular complexity index is 992. The van der Waals surface area contributed by atoms with E-state index in [9.17, 15) is 9.59 Å². The first-order valence-corrected chi connectivity index (χ1v) is 9.44. The van der Waals surface area contributed by atoms with Crippen LogP contribution in [-0.2, 0) is 20.2 Å². The highest BCUT2D eigenvalue weighted by Crippen LogP contribution is 2.20. The monoisotopic (exact) mass is 382 g/mol. The lowest BCUT2D eigenvalue weighted by atomic mass is 10.2. The van der Waals surface area contributed by atoms with Crippen LogP contribution in [0.1, 0.15) is 25.8 Å². The van der Waals surface area contributed by atoms with Crippen molar-refractivity contribution in [3.05, 3.63) is 86.0 Å². The molecule has 2 aromatic heterocycles. The van der Waals surface area contributed by atoms with Crippen molar-refractivity contribution in [1.29, 1.82) is 0 Å². The third kappa shape index (κ3) is 4.46. The first kappa shape index (κ1) is 18.9. The van der Waals surface area contributed by atoms with E-state index in [-0.39, 0.29) is 29.4 Å². The lowest BCUT2D eigenvalue weighted by Gasteiger charge is -2.20.